The Morgan fingerprint density at radius 1 is 1.00 bits per heavy atom. The Kier molecular flexibility index (Phi) is 3.46. The van der Waals surface area contributed by atoms with E-state index in [4.69, 9.17) is 9.98 Å². The lowest BCUT2D eigenvalue weighted by atomic mass is 9.93. The van der Waals surface area contributed by atoms with Crippen molar-refractivity contribution >= 4 is 22.8 Å². The predicted octanol–water partition coefficient (Wildman–Crippen LogP) is 5.01. The van der Waals surface area contributed by atoms with E-state index in [1.165, 1.54) is 60.9 Å². The summed E-state index contributed by atoms with van der Waals surface area (Å²) in [5, 5.41) is 1.23. The molecule has 1 aromatic carbocycles. The van der Waals surface area contributed by atoms with Crippen LogP contribution in [-0.2, 0) is 12.8 Å². The Hall–Kier alpha value is -1.70. The molecule has 0 amide bonds. The van der Waals surface area contributed by atoms with Gasteiger partial charge in [-0.1, -0.05) is 31.0 Å². The Labute approximate surface area is 126 Å². The van der Waals surface area contributed by atoms with Gasteiger partial charge in [-0.2, -0.15) is 0 Å². The molecule has 1 aromatic heterocycles. The zero-order valence-corrected chi connectivity index (χ0v) is 12.5. The predicted molar refractivity (Wildman–Crippen MR) is 88.5 cm³/mol. The van der Waals surface area contributed by atoms with Crippen LogP contribution in [0.15, 0.2) is 29.3 Å². The van der Waals surface area contributed by atoms with Gasteiger partial charge in [-0.05, 0) is 56.1 Å². The number of aliphatic imine (C=N–C) groups is 1. The van der Waals surface area contributed by atoms with Gasteiger partial charge in [0.2, 0.25) is 0 Å². The van der Waals surface area contributed by atoms with Gasteiger partial charge in [0.05, 0.1) is 11.2 Å². The van der Waals surface area contributed by atoms with Crippen LogP contribution in [0.3, 0.4) is 0 Å². The highest BCUT2D eigenvalue weighted by molar-refractivity contribution is 5.93. The van der Waals surface area contributed by atoms with Crippen molar-refractivity contribution in [3.8, 4) is 0 Å². The number of hydrogen-bond donors (Lipinski definition) is 0. The molecule has 2 aliphatic rings. The first-order valence-electron chi connectivity index (χ1n) is 8.36. The highest BCUT2D eigenvalue weighted by Gasteiger charge is 2.18. The average Bonchev–Trinajstić information content (AvgIpc) is 3.05. The van der Waals surface area contributed by atoms with E-state index in [9.17, 15) is 0 Å². The molecule has 2 heteroatoms. The van der Waals surface area contributed by atoms with E-state index in [1.807, 2.05) is 0 Å². The summed E-state index contributed by atoms with van der Waals surface area (Å²) in [6.45, 7) is 0. The number of pyridine rings is 1. The maximum Gasteiger partial charge on any atom is 0.0769 e. The van der Waals surface area contributed by atoms with Crippen LogP contribution in [0.2, 0.25) is 0 Å². The monoisotopic (exact) mass is 278 g/mol. The van der Waals surface area contributed by atoms with Crippen LogP contribution in [0, 0.1) is 5.92 Å². The third kappa shape index (κ3) is 2.48. The van der Waals surface area contributed by atoms with E-state index >= 15 is 0 Å². The van der Waals surface area contributed by atoms with Crippen LogP contribution in [0.4, 0.5) is 5.69 Å². The minimum atomic E-state index is 0.691. The van der Waals surface area contributed by atoms with Crippen molar-refractivity contribution in [1.82, 2.24) is 4.98 Å². The molecule has 0 aliphatic heterocycles. The lowest BCUT2D eigenvalue weighted by molar-refractivity contribution is 0.671. The molecule has 1 saturated carbocycles. The third-order valence-corrected chi connectivity index (χ3v) is 4.95. The number of hydrogen-bond acceptors (Lipinski definition) is 2. The maximum atomic E-state index is 4.96. The van der Waals surface area contributed by atoms with Crippen molar-refractivity contribution in [2.24, 2.45) is 10.9 Å². The van der Waals surface area contributed by atoms with Gasteiger partial charge in [-0.3, -0.25) is 9.98 Å². The molecule has 1 fully saturated rings. The first kappa shape index (κ1) is 13.0. The summed E-state index contributed by atoms with van der Waals surface area (Å²) in [5.41, 5.74) is 5.02. The molecule has 0 saturated heterocycles. The number of rotatable bonds is 2. The van der Waals surface area contributed by atoms with Crippen LogP contribution in [-0.4, -0.2) is 11.2 Å². The molecule has 108 valence electrons. The first-order chi connectivity index (χ1) is 10.4. The van der Waals surface area contributed by atoms with Gasteiger partial charge in [0.25, 0.3) is 0 Å². The molecule has 0 unspecified atom stereocenters. The molecule has 4 rings (SSSR count). The zero-order valence-electron chi connectivity index (χ0n) is 12.5. The molecule has 2 aliphatic carbocycles. The fourth-order valence-corrected chi connectivity index (χ4v) is 3.78. The first-order valence-corrected chi connectivity index (χ1v) is 8.36. The number of aromatic nitrogens is 1. The van der Waals surface area contributed by atoms with Gasteiger partial charge in [0.15, 0.2) is 0 Å². The zero-order chi connectivity index (χ0) is 14.1. The summed E-state index contributed by atoms with van der Waals surface area (Å²) >= 11 is 0. The van der Waals surface area contributed by atoms with Crippen molar-refractivity contribution < 1.29 is 0 Å². The van der Waals surface area contributed by atoms with Crippen LogP contribution < -0.4 is 0 Å². The summed E-state index contributed by atoms with van der Waals surface area (Å²) in [5.74, 6) is 0.691. The van der Waals surface area contributed by atoms with Crippen molar-refractivity contribution in [3.05, 3.63) is 35.5 Å². The second-order valence-corrected chi connectivity index (χ2v) is 6.43. The highest BCUT2D eigenvalue weighted by Crippen LogP contribution is 2.35. The van der Waals surface area contributed by atoms with Gasteiger partial charge in [0.1, 0.15) is 0 Å². The summed E-state index contributed by atoms with van der Waals surface area (Å²) in [7, 11) is 0. The number of fused-ring (bicyclic) bond motifs is 2. The summed E-state index contributed by atoms with van der Waals surface area (Å²) in [6.07, 6.45) is 12.4. The molecule has 1 heterocycles. The van der Waals surface area contributed by atoms with Gasteiger partial charge in [-0.15, -0.1) is 0 Å². The van der Waals surface area contributed by atoms with Crippen LogP contribution in [0.25, 0.3) is 10.9 Å². The normalized spacial score (nSPS) is 19.4. The second kappa shape index (κ2) is 5.59. The second-order valence-electron chi connectivity index (χ2n) is 6.43. The van der Waals surface area contributed by atoms with Gasteiger partial charge >= 0.3 is 0 Å². The van der Waals surface area contributed by atoms with Crippen molar-refractivity contribution in [2.45, 2.75) is 51.4 Å². The molecule has 2 aromatic rings. The van der Waals surface area contributed by atoms with Crippen molar-refractivity contribution in [3.63, 3.8) is 0 Å². The Morgan fingerprint density at radius 2 is 1.81 bits per heavy atom. The van der Waals surface area contributed by atoms with E-state index in [2.05, 4.69) is 30.5 Å². The summed E-state index contributed by atoms with van der Waals surface area (Å²) < 4.78 is 0. The van der Waals surface area contributed by atoms with Crippen molar-refractivity contribution in [1.29, 1.82) is 0 Å². The van der Waals surface area contributed by atoms with E-state index in [0.717, 1.165) is 18.4 Å². The topological polar surface area (TPSA) is 25.2 Å². The van der Waals surface area contributed by atoms with E-state index in [-0.39, 0.29) is 0 Å². The van der Waals surface area contributed by atoms with Gasteiger partial charge in [-0.25, -0.2) is 0 Å². The quantitative estimate of drug-likeness (QED) is 0.709. The SMILES string of the molecule is C(=Nc1c2c(nc3ccccc13)CCCC2)C1CCCC1. The molecule has 0 radical (unpaired) electrons. The molecule has 0 N–H and O–H groups in total. The smallest absolute Gasteiger partial charge is 0.0769 e. The Bertz CT molecular complexity index is 681. The third-order valence-electron chi connectivity index (χ3n) is 4.95. The van der Waals surface area contributed by atoms with Gasteiger partial charge < -0.3 is 0 Å². The van der Waals surface area contributed by atoms with Gasteiger partial charge in [0, 0.05) is 17.3 Å². The maximum absolute atomic E-state index is 4.96. The van der Waals surface area contributed by atoms with E-state index < -0.39 is 0 Å². The molecule has 0 spiro atoms. The molecular formula is C19H22N2. The average molecular weight is 278 g/mol. The Balaban J connectivity index is 1.83. The number of para-hydroxylation sites is 1. The fourth-order valence-electron chi connectivity index (χ4n) is 3.78. The lowest BCUT2D eigenvalue weighted by Gasteiger charge is -2.18. The number of aryl methyl sites for hydroxylation is 1. The van der Waals surface area contributed by atoms with Crippen molar-refractivity contribution in [2.75, 3.05) is 0 Å². The highest BCUT2D eigenvalue weighted by atomic mass is 14.8. The molecule has 21 heavy (non-hydrogen) atoms. The Morgan fingerprint density at radius 3 is 2.71 bits per heavy atom. The molecule has 0 atom stereocenters. The number of nitrogens with zero attached hydrogens (tertiary/aromatic N) is 2. The van der Waals surface area contributed by atoms with Crippen LogP contribution >= 0.6 is 0 Å². The lowest BCUT2D eigenvalue weighted by Crippen LogP contribution is -2.06. The molecule has 2 nitrogen and oxygen atoms in total. The number of benzene rings is 1. The van der Waals surface area contributed by atoms with E-state index in [0.29, 0.717) is 5.92 Å². The largest absolute Gasteiger partial charge is 0.260 e. The van der Waals surface area contributed by atoms with Crippen LogP contribution in [0.5, 0.6) is 0 Å². The molecular weight excluding hydrogens is 256 g/mol. The minimum absolute atomic E-state index is 0.691. The van der Waals surface area contributed by atoms with E-state index in [1.54, 1.807) is 0 Å². The van der Waals surface area contributed by atoms with Crippen LogP contribution in [0.1, 0.15) is 49.8 Å². The standard InChI is InChI=1S/C19H22N2/c1-2-8-14(7-1)13-20-19-15-9-3-5-11-17(15)21-18-12-6-4-10-16(18)19/h3,5,9,11,13-14H,1-2,4,6-8,10,12H2. The fraction of sp³-hybridized carbons (Fsp3) is 0.474. The molecule has 0 bridgehead atoms. The summed E-state index contributed by atoms with van der Waals surface area (Å²) in [6, 6.07) is 8.49. The summed E-state index contributed by atoms with van der Waals surface area (Å²) in [4.78, 5) is 9.85. The minimum Gasteiger partial charge on any atom is -0.260 e.